The average molecular weight is 437 g/mol. The fourth-order valence-electron chi connectivity index (χ4n) is 3.95. The number of hydrogen-bond donors (Lipinski definition) is 1. The van der Waals surface area contributed by atoms with E-state index in [9.17, 15) is 4.79 Å². The van der Waals surface area contributed by atoms with E-state index in [1.54, 1.807) is 7.11 Å². The van der Waals surface area contributed by atoms with Crippen molar-refractivity contribution in [3.8, 4) is 22.8 Å². The fourth-order valence-corrected chi connectivity index (χ4v) is 4.73. The van der Waals surface area contributed by atoms with Gasteiger partial charge in [-0.1, -0.05) is 61.4 Å². The first-order chi connectivity index (χ1) is 15.2. The molecule has 162 valence electrons. The molecule has 0 saturated heterocycles. The van der Waals surface area contributed by atoms with Gasteiger partial charge in [0.25, 0.3) is 0 Å². The molecule has 1 saturated carbocycles. The van der Waals surface area contributed by atoms with E-state index in [0.29, 0.717) is 16.8 Å². The Balaban J connectivity index is 1.50. The standard InChI is InChI=1S/C24H28N4O2S/c1-30-21-14-8-11-19(15-21)23-26-27-24(28(23)20-12-6-3-7-13-20)31-17-22(29)25-16-18-9-4-2-5-10-18/h3,6-8,11-15,18H,2,4-5,9-10,16-17H2,1H3,(H,25,29). The van der Waals surface area contributed by atoms with Gasteiger partial charge in [0.2, 0.25) is 5.91 Å². The summed E-state index contributed by atoms with van der Waals surface area (Å²) in [6, 6.07) is 17.7. The van der Waals surface area contributed by atoms with Crippen LogP contribution >= 0.6 is 11.8 Å². The van der Waals surface area contributed by atoms with Crippen LogP contribution in [0.2, 0.25) is 0 Å². The van der Waals surface area contributed by atoms with E-state index in [0.717, 1.165) is 29.4 Å². The van der Waals surface area contributed by atoms with Crippen molar-refractivity contribution >= 4 is 17.7 Å². The normalized spacial score (nSPS) is 14.4. The number of hydrogen-bond acceptors (Lipinski definition) is 5. The van der Waals surface area contributed by atoms with Crippen molar-refractivity contribution in [3.63, 3.8) is 0 Å². The molecule has 2 aromatic carbocycles. The lowest BCUT2D eigenvalue weighted by molar-refractivity contribution is -0.118. The summed E-state index contributed by atoms with van der Waals surface area (Å²) in [5.41, 5.74) is 1.86. The third-order valence-electron chi connectivity index (χ3n) is 5.62. The first-order valence-electron chi connectivity index (χ1n) is 10.8. The lowest BCUT2D eigenvalue weighted by atomic mass is 9.89. The monoisotopic (exact) mass is 436 g/mol. The highest BCUT2D eigenvalue weighted by Gasteiger charge is 2.18. The van der Waals surface area contributed by atoms with Crippen LogP contribution in [0, 0.1) is 5.92 Å². The Labute approximate surface area is 187 Å². The molecule has 1 N–H and O–H groups in total. The van der Waals surface area contributed by atoms with Crippen molar-refractivity contribution in [2.45, 2.75) is 37.3 Å². The van der Waals surface area contributed by atoms with Gasteiger partial charge in [-0.2, -0.15) is 0 Å². The number of carbonyl (C=O) groups is 1. The van der Waals surface area contributed by atoms with Crippen LogP contribution < -0.4 is 10.1 Å². The SMILES string of the molecule is COc1cccc(-c2nnc(SCC(=O)NCC3CCCCC3)n2-c2ccccc2)c1. The van der Waals surface area contributed by atoms with Gasteiger partial charge in [0.15, 0.2) is 11.0 Å². The minimum absolute atomic E-state index is 0.0427. The second-order valence-electron chi connectivity index (χ2n) is 7.81. The number of rotatable bonds is 8. The summed E-state index contributed by atoms with van der Waals surface area (Å²) in [6.07, 6.45) is 6.33. The van der Waals surface area contributed by atoms with E-state index in [-0.39, 0.29) is 5.91 Å². The van der Waals surface area contributed by atoms with Crippen LogP contribution in [0.25, 0.3) is 17.1 Å². The Morgan fingerprint density at radius 2 is 1.90 bits per heavy atom. The molecule has 0 atom stereocenters. The molecule has 7 heteroatoms. The summed E-state index contributed by atoms with van der Waals surface area (Å²) in [7, 11) is 1.65. The van der Waals surface area contributed by atoms with Crippen LogP contribution in [0.4, 0.5) is 0 Å². The molecular formula is C24H28N4O2S. The van der Waals surface area contributed by atoms with E-state index in [2.05, 4.69) is 15.5 Å². The molecule has 31 heavy (non-hydrogen) atoms. The van der Waals surface area contributed by atoms with Crippen LogP contribution in [-0.4, -0.2) is 40.1 Å². The van der Waals surface area contributed by atoms with Gasteiger partial charge in [-0.05, 0) is 43.0 Å². The van der Waals surface area contributed by atoms with Crippen LogP contribution in [0.5, 0.6) is 5.75 Å². The topological polar surface area (TPSA) is 69.0 Å². The maximum Gasteiger partial charge on any atom is 0.230 e. The van der Waals surface area contributed by atoms with Gasteiger partial charge in [0, 0.05) is 17.8 Å². The van der Waals surface area contributed by atoms with Crippen molar-refractivity contribution in [2.75, 3.05) is 19.4 Å². The highest BCUT2D eigenvalue weighted by Crippen LogP contribution is 2.29. The summed E-state index contributed by atoms with van der Waals surface area (Å²) in [5, 5.41) is 12.6. The van der Waals surface area contributed by atoms with Crippen molar-refractivity contribution in [1.29, 1.82) is 0 Å². The molecular weight excluding hydrogens is 408 g/mol. The molecule has 1 aliphatic carbocycles. The number of benzene rings is 2. The second kappa shape index (κ2) is 10.5. The van der Waals surface area contributed by atoms with E-state index in [1.165, 1.54) is 43.9 Å². The van der Waals surface area contributed by atoms with Gasteiger partial charge in [-0.25, -0.2) is 0 Å². The summed E-state index contributed by atoms with van der Waals surface area (Å²) >= 11 is 1.41. The second-order valence-corrected chi connectivity index (χ2v) is 8.75. The molecule has 0 radical (unpaired) electrons. The van der Waals surface area contributed by atoms with E-state index < -0.39 is 0 Å². The quantitative estimate of drug-likeness (QED) is 0.517. The molecule has 4 rings (SSSR count). The lowest BCUT2D eigenvalue weighted by Gasteiger charge is -2.21. The largest absolute Gasteiger partial charge is 0.497 e. The molecule has 1 fully saturated rings. The molecule has 1 aliphatic rings. The first kappa shape index (κ1) is 21.4. The molecule has 0 unspecified atom stereocenters. The van der Waals surface area contributed by atoms with Crippen LogP contribution in [0.3, 0.4) is 0 Å². The van der Waals surface area contributed by atoms with Gasteiger partial charge >= 0.3 is 0 Å². The Bertz CT molecular complexity index is 1000. The third kappa shape index (κ3) is 5.47. The Morgan fingerprint density at radius 3 is 2.68 bits per heavy atom. The van der Waals surface area contributed by atoms with E-state index in [4.69, 9.17) is 4.74 Å². The first-order valence-corrected chi connectivity index (χ1v) is 11.8. The Hall–Kier alpha value is -2.80. The number of aromatic nitrogens is 3. The summed E-state index contributed by atoms with van der Waals surface area (Å²) in [4.78, 5) is 12.5. The maximum absolute atomic E-state index is 12.5. The zero-order chi connectivity index (χ0) is 21.5. The smallest absolute Gasteiger partial charge is 0.230 e. The summed E-state index contributed by atoms with van der Waals surface area (Å²) < 4.78 is 7.36. The number of nitrogens with one attached hydrogen (secondary N) is 1. The minimum Gasteiger partial charge on any atom is -0.497 e. The molecule has 6 nitrogen and oxygen atoms in total. The average Bonchev–Trinajstić information content (AvgIpc) is 3.26. The van der Waals surface area contributed by atoms with Crippen molar-refractivity contribution in [1.82, 2.24) is 20.1 Å². The van der Waals surface area contributed by atoms with Crippen LogP contribution in [0.1, 0.15) is 32.1 Å². The number of ether oxygens (including phenoxy) is 1. The van der Waals surface area contributed by atoms with Gasteiger partial charge in [0.1, 0.15) is 5.75 Å². The number of nitrogens with zero attached hydrogens (tertiary/aromatic N) is 3. The fraction of sp³-hybridized carbons (Fsp3) is 0.375. The molecule has 0 spiro atoms. The molecule has 1 amide bonds. The third-order valence-corrected chi connectivity index (χ3v) is 6.55. The molecule has 0 aliphatic heterocycles. The molecule has 1 aromatic heterocycles. The highest BCUT2D eigenvalue weighted by atomic mass is 32.2. The number of thioether (sulfide) groups is 1. The Kier molecular flexibility index (Phi) is 7.25. The number of para-hydroxylation sites is 1. The lowest BCUT2D eigenvalue weighted by Crippen LogP contribution is -2.31. The van der Waals surface area contributed by atoms with Crippen molar-refractivity contribution < 1.29 is 9.53 Å². The molecule has 3 aromatic rings. The molecule has 0 bridgehead atoms. The van der Waals surface area contributed by atoms with Gasteiger partial charge in [0.05, 0.1) is 12.9 Å². The summed E-state index contributed by atoms with van der Waals surface area (Å²) in [6.45, 7) is 0.778. The minimum atomic E-state index is 0.0427. The van der Waals surface area contributed by atoms with Gasteiger partial charge in [-0.15, -0.1) is 10.2 Å². The highest BCUT2D eigenvalue weighted by molar-refractivity contribution is 7.99. The number of carbonyl (C=O) groups excluding carboxylic acids is 1. The predicted octanol–water partition coefficient (Wildman–Crippen LogP) is 4.73. The van der Waals surface area contributed by atoms with Crippen LogP contribution in [0.15, 0.2) is 59.8 Å². The maximum atomic E-state index is 12.5. The Morgan fingerprint density at radius 1 is 1.10 bits per heavy atom. The number of methoxy groups -OCH3 is 1. The molecule has 1 heterocycles. The zero-order valence-electron chi connectivity index (χ0n) is 17.8. The van der Waals surface area contributed by atoms with E-state index >= 15 is 0 Å². The van der Waals surface area contributed by atoms with Gasteiger partial charge in [-0.3, -0.25) is 9.36 Å². The number of amides is 1. The van der Waals surface area contributed by atoms with Crippen molar-refractivity contribution in [3.05, 3.63) is 54.6 Å². The summed E-state index contributed by atoms with van der Waals surface area (Å²) in [5.74, 6) is 2.46. The predicted molar refractivity (Wildman–Crippen MR) is 124 cm³/mol. The zero-order valence-corrected chi connectivity index (χ0v) is 18.6. The van der Waals surface area contributed by atoms with Crippen LogP contribution in [-0.2, 0) is 4.79 Å². The van der Waals surface area contributed by atoms with Gasteiger partial charge < -0.3 is 10.1 Å². The van der Waals surface area contributed by atoms with E-state index in [1.807, 2.05) is 59.2 Å². The van der Waals surface area contributed by atoms with Crippen molar-refractivity contribution in [2.24, 2.45) is 5.92 Å².